The van der Waals surface area contributed by atoms with Gasteiger partial charge in [0.1, 0.15) is 13.2 Å². The van der Waals surface area contributed by atoms with Gasteiger partial charge in [0.05, 0.1) is 17.8 Å². The maximum Gasteiger partial charge on any atom is 0.255 e. The second-order valence-electron chi connectivity index (χ2n) is 6.92. The van der Waals surface area contributed by atoms with Crippen LogP contribution < -0.4 is 14.8 Å². The summed E-state index contributed by atoms with van der Waals surface area (Å²) in [5, 5.41) is 8.21. The van der Waals surface area contributed by atoms with Crippen molar-refractivity contribution in [2.24, 2.45) is 0 Å². The summed E-state index contributed by atoms with van der Waals surface area (Å²) in [6.45, 7) is 5.63. The van der Waals surface area contributed by atoms with Gasteiger partial charge < -0.3 is 14.8 Å². The Hall–Kier alpha value is -2.99. The van der Waals surface area contributed by atoms with Crippen molar-refractivity contribution in [1.82, 2.24) is 15.1 Å². The van der Waals surface area contributed by atoms with Gasteiger partial charge in [-0.2, -0.15) is 5.10 Å². The van der Waals surface area contributed by atoms with Crippen molar-refractivity contribution in [3.8, 4) is 11.5 Å². The van der Waals surface area contributed by atoms with Gasteiger partial charge in [0, 0.05) is 22.8 Å². The van der Waals surface area contributed by atoms with Crippen LogP contribution in [0.1, 0.15) is 32.9 Å². The number of hydrogen-bond acceptors (Lipinski definition) is 4. The summed E-state index contributed by atoms with van der Waals surface area (Å²) < 4.78 is 13.1. The van der Waals surface area contributed by atoms with Crippen molar-refractivity contribution in [2.75, 3.05) is 13.2 Å². The molecule has 1 amide bonds. The van der Waals surface area contributed by atoms with Crippen LogP contribution >= 0.6 is 11.6 Å². The predicted molar refractivity (Wildman–Crippen MR) is 111 cm³/mol. The Morgan fingerprint density at radius 3 is 2.69 bits per heavy atom. The number of hydrogen-bond donors (Lipinski definition) is 1. The number of ether oxygens (including phenoxy) is 2. The normalized spacial score (nSPS) is 12.7. The first kappa shape index (κ1) is 19.3. The van der Waals surface area contributed by atoms with E-state index in [1.807, 2.05) is 61.0 Å². The predicted octanol–water partition coefficient (Wildman–Crippen LogP) is 3.90. The molecular formula is C22H22ClN3O3. The lowest BCUT2D eigenvalue weighted by atomic mass is 10.1. The molecule has 0 saturated carbocycles. The van der Waals surface area contributed by atoms with Gasteiger partial charge in [-0.05, 0) is 31.5 Å². The number of halogens is 1. The molecule has 1 aliphatic rings. The van der Waals surface area contributed by atoms with Crippen LogP contribution in [0.4, 0.5) is 0 Å². The number of nitrogens with zero attached hydrogens (tertiary/aromatic N) is 2. The van der Waals surface area contributed by atoms with Crippen LogP contribution in [0.25, 0.3) is 0 Å². The minimum absolute atomic E-state index is 0.167. The first-order chi connectivity index (χ1) is 14.0. The van der Waals surface area contributed by atoms with Gasteiger partial charge in [-0.3, -0.25) is 9.48 Å². The van der Waals surface area contributed by atoms with Crippen LogP contribution in [0, 0.1) is 13.8 Å². The molecule has 0 fully saturated rings. The summed E-state index contributed by atoms with van der Waals surface area (Å²) in [7, 11) is 0. The quantitative estimate of drug-likeness (QED) is 0.691. The van der Waals surface area contributed by atoms with Crippen molar-refractivity contribution in [3.05, 3.63) is 75.6 Å². The van der Waals surface area contributed by atoms with Gasteiger partial charge in [0.2, 0.25) is 0 Å². The standard InChI is InChI=1S/C22H22ClN3O3/c1-14-20(15(2)26(25-14)13-17-6-3-4-8-18(17)23)22(27)24-12-16-7-5-9-19-21(16)29-11-10-28-19/h3-9H,10-13H2,1-2H3,(H,24,27). The van der Waals surface area contributed by atoms with E-state index in [9.17, 15) is 4.79 Å². The lowest BCUT2D eigenvalue weighted by Gasteiger charge is -2.21. The first-order valence-electron chi connectivity index (χ1n) is 9.47. The summed E-state index contributed by atoms with van der Waals surface area (Å²) in [5.74, 6) is 1.24. The van der Waals surface area contributed by atoms with Gasteiger partial charge in [-0.15, -0.1) is 0 Å². The molecule has 1 aromatic heterocycles. The first-order valence-corrected chi connectivity index (χ1v) is 9.85. The largest absolute Gasteiger partial charge is 0.486 e. The number of para-hydroxylation sites is 1. The molecule has 3 aromatic rings. The Kier molecular flexibility index (Phi) is 5.45. The van der Waals surface area contributed by atoms with Crippen molar-refractivity contribution < 1.29 is 14.3 Å². The van der Waals surface area contributed by atoms with Crippen LogP contribution in [-0.2, 0) is 13.1 Å². The number of fused-ring (bicyclic) bond motifs is 1. The number of carbonyl (C=O) groups is 1. The van der Waals surface area contributed by atoms with E-state index in [2.05, 4.69) is 10.4 Å². The second-order valence-corrected chi connectivity index (χ2v) is 7.33. The summed E-state index contributed by atoms with van der Waals surface area (Å²) >= 11 is 6.27. The van der Waals surface area contributed by atoms with Crippen LogP contribution in [0.15, 0.2) is 42.5 Å². The minimum Gasteiger partial charge on any atom is -0.486 e. The summed E-state index contributed by atoms with van der Waals surface area (Å²) in [5.41, 5.74) is 3.91. The fourth-order valence-corrected chi connectivity index (χ4v) is 3.70. The molecule has 150 valence electrons. The maximum absolute atomic E-state index is 12.9. The van der Waals surface area contributed by atoms with Crippen LogP contribution in [0.3, 0.4) is 0 Å². The van der Waals surface area contributed by atoms with E-state index >= 15 is 0 Å². The van der Waals surface area contributed by atoms with Crippen LogP contribution in [-0.4, -0.2) is 28.9 Å². The highest BCUT2D eigenvalue weighted by molar-refractivity contribution is 6.31. The fraction of sp³-hybridized carbons (Fsp3) is 0.273. The molecule has 1 aliphatic heterocycles. The number of benzene rings is 2. The van der Waals surface area contributed by atoms with Gasteiger partial charge in [0.15, 0.2) is 11.5 Å². The molecule has 0 atom stereocenters. The highest BCUT2D eigenvalue weighted by Gasteiger charge is 2.21. The van der Waals surface area contributed by atoms with E-state index in [-0.39, 0.29) is 5.91 Å². The van der Waals surface area contributed by atoms with Crippen LogP contribution in [0.2, 0.25) is 5.02 Å². The summed E-state index contributed by atoms with van der Waals surface area (Å²) in [6.07, 6.45) is 0. The minimum atomic E-state index is -0.167. The lowest BCUT2D eigenvalue weighted by molar-refractivity contribution is 0.0948. The molecule has 2 aromatic carbocycles. The van der Waals surface area contributed by atoms with Crippen molar-refractivity contribution in [2.45, 2.75) is 26.9 Å². The van der Waals surface area contributed by atoms with E-state index in [1.54, 1.807) is 0 Å². The third-order valence-electron chi connectivity index (χ3n) is 4.97. The Morgan fingerprint density at radius 1 is 1.10 bits per heavy atom. The topological polar surface area (TPSA) is 65.4 Å². The van der Waals surface area contributed by atoms with E-state index in [4.69, 9.17) is 21.1 Å². The lowest BCUT2D eigenvalue weighted by Crippen LogP contribution is -2.25. The molecular weight excluding hydrogens is 390 g/mol. The monoisotopic (exact) mass is 411 g/mol. The molecule has 0 unspecified atom stereocenters. The SMILES string of the molecule is Cc1nn(Cc2ccccc2Cl)c(C)c1C(=O)NCc1cccc2c1OCCO2. The van der Waals surface area contributed by atoms with E-state index in [0.717, 1.165) is 16.8 Å². The molecule has 1 N–H and O–H groups in total. The summed E-state index contributed by atoms with van der Waals surface area (Å²) in [4.78, 5) is 12.9. The summed E-state index contributed by atoms with van der Waals surface area (Å²) in [6, 6.07) is 13.3. The second kappa shape index (κ2) is 8.17. The smallest absolute Gasteiger partial charge is 0.255 e. The zero-order valence-electron chi connectivity index (χ0n) is 16.4. The highest BCUT2D eigenvalue weighted by Crippen LogP contribution is 2.33. The molecule has 0 saturated heterocycles. The Balaban J connectivity index is 1.51. The Bertz CT molecular complexity index is 1060. The molecule has 29 heavy (non-hydrogen) atoms. The molecule has 0 spiro atoms. The molecule has 0 bridgehead atoms. The molecule has 4 rings (SSSR count). The molecule has 0 radical (unpaired) electrons. The van der Waals surface area contributed by atoms with Crippen LogP contribution in [0.5, 0.6) is 11.5 Å². The van der Waals surface area contributed by atoms with Gasteiger partial charge >= 0.3 is 0 Å². The third kappa shape index (κ3) is 3.93. The Labute approximate surface area is 174 Å². The van der Waals surface area contributed by atoms with Gasteiger partial charge in [0.25, 0.3) is 5.91 Å². The van der Waals surface area contributed by atoms with E-state index in [0.29, 0.717) is 54.1 Å². The number of nitrogens with one attached hydrogen (secondary N) is 1. The molecule has 2 heterocycles. The zero-order chi connectivity index (χ0) is 20.4. The highest BCUT2D eigenvalue weighted by atomic mass is 35.5. The number of amides is 1. The molecule has 7 heteroatoms. The van der Waals surface area contributed by atoms with Crippen molar-refractivity contribution in [1.29, 1.82) is 0 Å². The van der Waals surface area contributed by atoms with Crippen molar-refractivity contribution >= 4 is 17.5 Å². The maximum atomic E-state index is 12.9. The average Bonchev–Trinajstić information content (AvgIpc) is 3.01. The van der Waals surface area contributed by atoms with Gasteiger partial charge in [-0.1, -0.05) is 41.9 Å². The molecule has 6 nitrogen and oxygen atoms in total. The number of carbonyl (C=O) groups excluding carboxylic acids is 1. The Morgan fingerprint density at radius 2 is 1.86 bits per heavy atom. The zero-order valence-corrected chi connectivity index (χ0v) is 17.1. The number of rotatable bonds is 5. The van der Waals surface area contributed by atoms with Gasteiger partial charge in [-0.25, -0.2) is 0 Å². The third-order valence-corrected chi connectivity index (χ3v) is 5.34. The fourth-order valence-electron chi connectivity index (χ4n) is 3.50. The molecule has 0 aliphatic carbocycles. The van der Waals surface area contributed by atoms with E-state index in [1.165, 1.54) is 0 Å². The average molecular weight is 412 g/mol. The van der Waals surface area contributed by atoms with E-state index < -0.39 is 0 Å². The number of aryl methyl sites for hydroxylation is 1. The number of aromatic nitrogens is 2. The van der Waals surface area contributed by atoms with Crippen molar-refractivity contribution in [3.63, 3.8) is 0 Å².